The van der Waals surface area contributed by atoms with Crippen molar-refractivity contribution in [2.24, 2.45) is 0 Å². The fourth-order valence-electron chi connectivity index (χ4n) is 4.03. The molecule has 1 aromatic heterocycles. The molecule has 1 aliphatic heterocycles. The number of hydrogen-bond acceptors (Lipinski definition) is 8. The second kappa shape index (κ2) is 10.1. The van der Waals surface area contributed by atoms with E-state index in [4.69, 9.17) is 14.3 Å². The molecule has 12 heteroatoms. The zero-order valence-electron chi connectivity index (χ0n) is 18.9. The monoisotopic (exact) mass is 511 g/mol. The predicted molar refractivity (Wildman–Crippen MR) is 119 cm³/mol. The van der Waals surface area contributed by atoms with Gasteiger partial charge in [-0.1, -0.05) is 30.3 Å². The van der Waals surface area contributed by atoms with Gasteiger partial charge in [0.25, 0.3) is 6.29 Å². The molecule has 0 spiro atoms. The summed E-state index contributed by atoms with van der Waals surface area (Å²) in [6, 6.07) is 11.5. The number of fused-ring (bicyclic) bond motifs is 1. The van der Waals surface area contributed by atoms with Crippen molar-refractivity contribution in [3.8, 4) is 11.1 Å². The van der Waals surface area contributed by atoms with Gasteiger partial charge in [0.05, 0.1) is 24.3 Å². The number of esters is 1. The molecule has 2 heterocycles. The molecular formula is C24H24F3NO8. The highest BCUT2D eigenvalue weighted by Gasteiger charge is 2.46. The van der Waals surface area contributed by atoms with Crippen molar-refractivity contribution in [2.75, 3.05) is 13.2 Å². The number of nitrogens with zero attached hydrogens (tertiary/aromatic N) is 1. The molecule has 9 nitrogen and oxygen atoms in total. The lowest BCUT2D eigenvalue weighted by molar-refractivity contribution is -0.299. The molecule has 0 amide bonds. The number of aliphatic hydroxyl groups is 4. The topological polar surface area (TPSA) is 131 Å². The summed E-state index contributed by atoms with van der Waals surface area (Å²) in [5, 5.41) is 39.6. The Bertz CT molecular complexity index is 1230. The number of carbonyl (C=O) groups is 1. The van der Waals surface area contributed by atoms with Crippen molar-refractivity contribution >= 4 is 16.9 Å². The number of aromatic nitrogens is 1. The van der Waals surface area contributed by atoms with E-state index in [-0.39, 0.29) is 23.1 Å². The number of alkyl halides is 3. The van der Waals surface area contributed by atoms with Gasteiger partial charge in [-0.25, -0.2) is 4.79 Å². The average Bonchev–Trinajstić information content (AvgIpc) is 3.22. The summed E-state index contributed by atoms with van der Waals surface area (Å²) < 4.78 is 53.3. The molecule has 4 N–H and O–H groups in total. The van der Waals surface area contributed by atoms with Gasteiger partial charge in [-0.15, -0.1) is 0 Å². The smallest absolute Gasteiger partial charge is 0.417 e. The third-order valence-corrected chi connectivity index (χ3v) is 5.83. The number of aliphatic hydroxyl groups excluding tert-OH is 4. The molecule has 2 aromatic carbocycles. The molecule has 0 radical (unpaired) electrons. The Morgan fingerprint density at radius 3 is 2.33 bits per heavy atom. The first kappa shape index (κ1) is 25.9. The Labute approximate surface area is 202 Å². The van der Waals surface area contributed by atoms with Crippen LogP contribution in [0.5, 0.6) is 0 Å². The zero-order chi connectivity index (χ0) is 26.2. The molecule has 1 saturated heterocycles. The minimum absolute atomic E-state index is 0.0815. The van der Waals surface area contributed by atoms with Gasteiger partial charge < -0.3 is 34.7 Å². The minimum Gasteiger partial charge on any atom is -0.461 e. The predicted octanol–water partition coefficient (Wildman–Crippen LogP) is 1.73. The Balaban J connectivity index is 1.92. The first-order valence-corrected chi connectivity index (χ1v) is 11.0. The van der Waals surface area contributed by atoms with E-state index in [1.165, 1.54) is 13.0 Å². The van der Waals surface area contributed by atoms with E-state index in [0.717, 1.165) is 16.9 Å². The van der Waals surface area contributed by atoms with E-state index in [1.54, 1.807) is 30.3 Å². The molecule has 5 atom stereocenters. The van der Waals surface area contributed by atoms with Crippen molar-refractivity contribution in [1.29, 1.82) is 0 Å². The number of carbonyl (C=O) groups excluding carboxylic acids is 1. The van der Waals surface area contributed by atoms with E-state index in [0.29, 0.717) is 5.56 Å². The van der Waals surface area contributed by atoms with E-state index < -0.39 is 60.7 Å². The van der Waals surface area contributed by atoms with Gasteiger partial charge in [0.1, 0.15) is 24.4 Å². The lowest BCUT2D eigenvalue weighted by Gasteiger charge is -2.39. The highest BCUT2D eigenvalue weighted by molar-refractivity contribution is 5.98. The van der Waals surface area contributed by atoms with Crippen molar-refractivity contribution in [1.82, 2.24) is 4.73 Å². The Kier molecular flexibility index (Phi) is 7.25. The van der Waals surface area contributed by atoms with Crippen LogP contribution in [0, 0.1) is 0 Å². The molecule has 0 unspecified atom stereocenters. The number of benzene rings is 2. The normalized spacial score (nSPS) is 24.6. The molecule has 3 aromatic rings. The van der Waals surface area contributed by atoms with Crippen LogP contribution in [-0.2, 0) is 15.7 Å². The number of halogens is 3. The molecule has 0 saturated carbocycles. The van der Waals surface area contributed by atoms with Crippen LogP contribution in [0.15, 0.2) is 48.5 Å². The highest BCUT2D eigenvalue weighted by atomic mass is 19.4. The summed E-state index contributed by atoms with van der Waals surface area (Å²) in [5.74, 6) is -1.01. The average molecular weight is 511 g/mol. The molecule has 1 aliphatic rings. The van der Waals surface area contributed by atoms with Gasteiger partial charge in [0.15, 0.2) is 5.69 Å². The minimum atomic E-state index is -4.80. The Hall–Kier alpha value is -3.16. The first-order valence-electron chi connectivity index (χ1n) is 11.0. The van der Waals surface area contributed by atoms with Crippen molar-refractivity contribution < 1.29 is 52.7 Å². The van der Waals surface area contributed by atoms with Gasteiger partial charge in [-0.3, -0.25) is 0 Å². The first-order chi connectivity index (χ1) is 17.1. The largest absolute Gasteiger partial charge is 0.461 e. The lowest BCUT2D eigenvalue weighted by atomic mass is 9.99. The van der Waals surface area contributed by atoms with E-state index in [1.807, 2.05) is 0 Å². The molecule has 36 heavy (non-hydrogen) atoms. The fourth-order valence-corrected chi connectivity index (χ4v) is 4.03. The van der Waals surface area contributed by atoms with Crippen LogP contribution in [0.3, 0.4) is 0 Å². The maximum absolute atomic E-state index is 14.1. The van der Waals surface area contributed by atoms with E-state index in [2.05, 4.69) is 0 Å². The molecule has 1 fully saturated rings. The van der Waals surface area contributed by atoms with Gasteiger partial charge in [0, 0.05) is 5.39 Å². The van der Waals surface area contributed by atoms with Gasteiger partial charge in [-0.05, 0) is 36.2 Å². The standard InChI is InChI=1S/C24H24F3NO8/c1-2-34-22(33)17-10-14-15(24(25,26)27)8-13(12-6-4-3-5-7-12)9-16(14)28(17)36-23-21(32)20(31)19(30)18(11-29)35-23/h3-10,18-21,23,29-32H,2,11H2,1H3/t18-,19-,20+,21-,23+/m1/s1. The molecule has 0 bridgehead atoms. The molecular weight excluding hydrogens is 487 g/mol. The maximum atomic E-state index is 14.1. The van der Waals surface area contributed by atoms with Crippen LogP contribution in [0.4, 0.5) is 13.2 Å². The quantitative estimate of drug-likeness (QED) is 0.368. The van der Waals surface area contributed by atoms with E-state index >= 15 is 0 Å². The summed E-state index contributed by atoms with van der Waals surface area (Å²) in [6.45, 7) is 0.679. The number of hydrogen-bond donors (Lipinski definition) is 4. The number of rotatable bonds is 6. The second-order valence-electron chi connectivity index (χ2n) is 8.17. The van der Waals surface area contributed by atoms with Gasteiger partial charge in [0.2, 0.25) is 0 Å². The zero-order valence-corrected chi connectivity index (χ0v) is 18.9. The van der Waals surface area contributed by atoms with Gasteiger partial charge >= 0.3 is 12.1 Å². The molecule has 194 valence electrons. The Morgan fingerprint density at radius 2 is 1.72 bits per heavy atom. The van der Waals surface area contributed by atoms with E-state index in [9.17, 15) is 38.4 Å². The number of ether oxygens (including phenoxy) is 2. The summed E-state index contributed by atoms with van der Waals surface area (Å²) >= 11 is 0. The molecule has 0 aliphatic carbocycles. The SMILES string of the molecule is CCOC(=O)c1cc2c(C(F)(F)F)cc(-c3ccccc3)cc2n1O[C@@H]1O[C@H](CO)[C@@H](O)[C@H](O)[C@H]1O. The fraction of sp³-hybridized carbons (Fsp3) is 0.375. The van der Waals surface area contributed by atoms with Crippen LogP contribution in [-0.4, -0.2) is 75.0 Å². The second-order valence-corrected chi connectivity index (χ2v) is 8.17. The van der Waals surface area contributed by atoms with Crippen LogP contribution in [0.1, 0.15) is 23.0 Å². The van der Waals surface area contributed by atoms with Crippen LogP contribution >= 0.6 is 0 Å². The van der Waals surface area contributed by atoms with Crippen LogP contribution < -0.4 is 4.84 Å². The van der Waals surface area contributed by atoms with Crippen molar-refractivity contribution in [3.63, 3.8) is 0 Å². The summed E-state index contributed by atoms with van der Waals surface area (Å²) in [6.07, 6.45) is -13.3. The van der Waals surface area contributed by atoms with Crippen molar-refractivity contribution in [3.05, 3.63) is 59.8 Å². The third kappa shape index (κ3) is 4.77. The van der Waals surface area contributed by atoms with Crippen molar-refractivity contribution in [2.45, 2.75) is 43.8 Å². The summed E-state index contributed by atoms with van der Waals surface area (Å²) in [4.78, 5) is 18.3. The van der Waals surface area contributed by atoms with Crippen LogP contribution in [0.25, 0.3) is 22.0 Å². The summed E-state index contributed by atoms with van der Waals surface area (Å²) in [7, 11) is 0. The Morgan fingerprint density at radius 1 is 1.03 bits per heavy atom. The van der Waals surface area contributed by atoms with Gasteiger partial charge in [-0.2, -0.15) is 17.9 Å². The van der Waals surface area contributed by atoms with Crippen LogP contribution in [0.2, 0.25) is 0 Å². The third-order valence-electron chi connectivity index (χ3n) is 5.83. The highest BCUT2D eigenvalue weighted by Crippen LogP contribution is 2.39. The molecule has 4 rings (SSSR count). The maximum Gasteiger partial charge on any atom is 0.417 e. The summed E-state index contributed by atoms with van der Waals surface area (Å²) in [5.41, 5.74) is -1.03. The lowest BCUT2D eigenvalue weighted by Crippen LogP contribution is -2.61.